The molecular weight excluding hydrogens is 336 g/mol. The third-order valence-electron chi connectivity index (χ3n) is 4.77. The molecule has 3 heteroatoms. The maximum atomic E-state index is 12.2. The molecule has 0 aliphatic rings. The number of esters is 1. The Morgan fingerprint density at radius 3 is 1.81 bits per heavy atom. The van der Waals surface area contributed by atoms with E-state index in [1.165, 1.54) is 16.7 Å². The summed E-state index contributed by atoms with van der Waals surface area (Å²) in [5, 5.41) is 9.33. The number of carbonyl (C=O) groups excluding carboxylic acids is 1. The van der Waals surface area contributed by atoms with Crippen molar-refractivity contribution in [2.24, 2.45) is 0 Å². The second-order valence-electron chi connectivity index (χ2n) is 9.32. The van der Waals surface area contributed by atoms with E-state index in [2.05, 4.69) is 60.6 Å². The highest BCUT2D eigenvalue weighted by atomic mass is 16.5. The SMILES string of the molecule is Cc1c(C(C)(C)C)cc(COC(=O)Cc2ccc(O)cc2)cc1C(C)(C)C. The van der Waals surface area contributed by atoms with Crippen molar-refractivity contribution in [3.8, 4) is 5.75 Å². The first-order valence-corrected chi connectivity index (χ1v) is 9.46. The van der Waals surface area contributed by atoms with Gasteiger partial charge in [0, 0.05) is 0 Å². The van der Waals surface area contributed by atoms with Crippen LogP contribution in [-0.4, -0.2) is 11.1 Å². The highest BCUT2D eigenvalue weighted by Gasteiger charge is 2.24. The zero-order chi connectivity index (χ0) is 20.4. The molecule has 2 aromatic rings. The average molecular weight is 369 g/mol. The van der Waals surface area contributed by atoms with Gasteiger partial charge >= 0.3 is 5.97 Å². The smallest absolute Gasteiger partial charge is 0.310 e. The second kappa shape index (κ2) is 7.75. The van der Waals surface area contributed by atoms with E-state index in [1.807, 2.05) is 0 Å². The zero-order valence-corrected chi connectivity index (χ0v) is 17.6. The average Bonchev–Trinajstić information content (AvgIpc) is 2.54. The Hall–Kier alpha value is -2.29. The summed E-state index contributed by atoms with van der Waals surface area (Å²) in [6.07, 6.45) is 0.199. The van der Waals surface area contributed by atoms with Crippen LogP contribution in [0.3, 0.4) is 0 Å². The number of rotatable bonds is 4. The lowest BCUT2D eigenvalue weighted by Gasteiger charge is -2.29. The lowest BCUT2D eigenvalue weighted by atomic mass is 9.76. The molecule has 0 aromatic heterocycles. The van der Waals surface area contributed by atoms with Crippen LogP contribution in [0.1, 0.15) is 69.4 Å². The Kier molecular flexibility index (Phi) is 6.04. The Morgan fingerprint density at radius 1 is 0.889 bits per heavy atom. The molecule has 0 saturated carbocycles. The van der Waals surface area contributed by atoms with E-state index in [0.717, 1.165) is 11.1 Å². The van der Waals surface area contributed by atoms with Crippen molar-refractivity contribution in [3.05, 3.63) is 64.2 Å². The molecule has 0 spiro atoms. The lowest BCUT2D eigenvalue weighted by Crippen LogP contribution is -2.20. The van der Waals surface area contributed by atoms with Crippen LogP contribution in [0.2, 0.25) is 0 Å². The molecule has 0 amide bonds. The Balaban J connectivity index is 2.20. The van der Waals surface area contributed by atoms with Crippen LogP contribution in [0.15, 0.2) is 36.4 Å². The van der Waals surface area contributed by atoms with Crippen LogP contribution in [0.25, 0.3) is 0 Å². The second-order valence-corrected chi connectivity index (χ2v) is 9.32. The van der Waals surface area contributed by atoms with Gasteiger partial charge in [0.2, 0.25) is 0 Å². The highest BCUT2D eigenvalue weighted by molar-refractivity contribution is 5.72. The summed E-state index contributed by atoms with van der Waals surface area (Å²) in [4.78, 5) is 12.2. The van der Waals surface area contributed by atoms with Gasteiger partial charge in [-0.05, 0) is 57.7 Å². The molecule has 2 aromatic carbocycles. The van der Waals surface area contributed by atoms with E-state index >= 15 is 0 Å². The first-order chi connectivity index (χ1) is 12.4. The fourth-order valence-electron chi connectivity index (χ4n) is 3.41. The number of phenolic OH excluding ortho intramolecular Hbond substituents is 1. The number of aromatic hydroxyl groups is 1. The van der Waals surface area contributed by atoms with Gasteiger partial charge in [0.15, 0.2) is 0 Å². The lowest BCUT2D eigenvalue weighted by molar-refractivity contribution is -0.144. The number of benzene rings is 2. The van der Waals surface area contributed by atoms with Crippen molar-refractivity contribution in [1.82, 2.24) is 0 Å². The molecule has 0 unspecified atom stereocenters. The fraction of sp³-hybridized carbons (Fsp3) is 0.458. The number of phenols is 1. The Labute approximate surface area is 163 Å². The summed E-state index contributed by atoms with van der Waals surface area (Å²) in [6, 6.07) is 11.0. The van der Waals surface area contributed by atoms with Gasteiger partial charge in [0.25, 0.3) is 0 Å². The first-order valence-electron chi connectivity index (χ1n) is 9.46. The van der Waals surface area contributed by atoms with E-state index < -0.39 is 0 Å². The van der Waals surface area contributed by atoms with E-state index in [1.54, 1.807) is 24.3 Å². The van der Waals surface area contributed by atoms with E-state index in [0.29, 0.717) is 0 Å². The summed E-state index contributed by atoms with van der Waals surface area (Å²) in [7, 11) is 0. The van der Waals surface area contributed by atoms with Crippen LogP contribution in [0, 0.1) is 6.92 Å². The molecule has 27 heavy (non-hydrogen) atoms. The van der Waals surface area contributed by atoms with Gasteiger partial charge in [-0.3, -0.25) is 4.79 Å². The summed E-state index contributed by atoms with van der Waals surface area (Å²) >= 11 is 0. The van der Waals surface area contributed by atoms with Crippen LogP contribution < -0.4 is 0 Å². The van der Waals surface area contributed by atoms with Crippen LogP contribution in [0.4, 0.5) is 0 Å². The van der Waals surface area contributed by atoms with Crippen molar-refractivity contribution < 1.29 is 14.6 Å². The number of ether oxygens (including phenoxy) is 1. The third kappa shape index (κ3) is 5.59. The van der Waals surface area contributed by atoms with Gasteiger partial charge in [-0.2, -0.15) is 0 Å². The summed E-state index contributed by atoms with van der Waals surface area (Å²) in [5.74, 6) is -0.0768. The molecule has 146 valence electrons. The molecule has 2 rings (SSSR count). The number of hydrogen-bond acceptors (Lipinski definition) is 3. The van der Waals surface area contributed by atoms with Crippen LogP contribution in [-0.2, 0) is 33.4 Å². The van der Waals surface area contributed by atoms with Gasteiger partial charge in [-0.1, -0.05) is 65.8 Å². The molecule has 0 radical (unpaired) electrons. The zero-order valence-electron chi connectivity index (χ0n) is 17.6. The maximum absolute atomic E-state index is 12.2. The first kappa shape index (κ1) is 21.0. The maximum Gasteiger partial charge on any atom is 0.310 e. The molecule has 0 heterocycles. The molecule has 1 N–H and O–H groups in total. The molecule has 3 nitrogen and oxygen atoms in total. The van der Waals surface area contributed by atoms with E-state index in [9.17, 15) is 9.90 Å². The van der Waals surface area contributed by atoms with E-state index in [4.69, 9.17) is 4.74 Å². The van der Waals surface area contributed by atoms with Gasteiger partial charge in [0.1, 0.15) is 12.4 Å². The van der Waals surface area contributed by atoms with Crippen LogP contribution in [0.5, 0.6) is 5.75 Å². The third-order valence-corrected chi connectivity index (χ3v) is 4.77. The predicted molar refractivity (Wildman–Crippen MR) is 110 cm³/mol. The van der Waals surface area contributed by atoms with Gasteiger partial charge < -0.3 is 9.84 Å². The quantitative estimate of drug-likeness (QED) is 0.717. The van der Waals surface area contributed by atoms with Crippen molar-refractivity contribution in [2.45, 2.75) is 72.3 Å². The van der Waals surface area contributed by atoms with Crippen molar-refractivity contribution >= 4 is 5.97 Å². The summed E-state index contributed by atoms with van der Waals surface area (Å²) in [5.41, 5.74) is 5.79. The van der Waals surface area contributed by atoms with Gasteiger partial charge in [-0.25, -0.2) is 0 Å². The highest BCUT2D eigenvalue weighted by Crippen LogP contribution is 2.34. The minimum absolute atomic E-state index is 0.0240. The molecular formula is C24H32O3. The van der Waals surface area contributed by atoms with Crippen molar-refractivity contribution in [1.29, 1.82) is 0 Å². The summed E-state index contributed by atoms with van der Waals surface area (Å²) in [6.45, 7) is 15.7. The van der Waals surface area contributed by atoms with Gasteiger partial charge in [0.05, 0.1) is 6.42 Å². The number of hydrogen-bond donors (Lipinski definition) is 1. The topological polar surface area (TPSA) is 46.5 Å². The summed E-state index contributed by atoms with van der Waals surface area (Å²) < 4.78 is 5.54. The minimum atomic E-state index is -0.268. The van der Waals surface area contributed by atoms with E-state index in [-0.39, 0.29) is 35.6 Å². The molecule has 0 aliphatic carbocycles. The molecule has 0 atom stereocenters. The fourth-order valence-corrected chi connectivity index (χ4v) is 3.41. The van der Waals surface area contributed by atoms with Crippen molar-refractivity contribution in [2.75, 3.05) is 0 Å². The molecule has 0 fully saturated rings. The molecule has 0 aliphatic heterocycles. The molecule has 0 saturated heterocycles. The standard InChI is InChI=1S/C24H32O3/c1-16-20(23(2,3)4)12-18(13-21(16)24(5,6)7)15-27-22(26)14-17-8-10-19(25)11-9-17/h8-13,25H,14-15H2,1-7H3. The largest absolute Gasteiger partial charge is 0.508 e. The normalized spacial score (nSPS) is 12.1. The monoisotopic (exact) mass is 368 g/mol. The predicted octanol–water partition coefficient (Wildman–Crippen LogP) is 5.58. The number of carbonyl (C=O) groups is 1. The Morgan fingerprint density at radius 2 is 1.37 bits per heavy atom. The van der Waals surface area contributed by atoms with Crippen molar-refractivity contribution in [3.63, 3.8) is 0 Å². The molecule has 0 bridgehead atoms. The van der Waals surface area contributed by atoms with Crippen LogP contribution >= 0.6 is 0 Å². The van der Waals surface area contributed by atoms with Gasteiger partial charge in [-0.15, -0.1) is 0 Å². The minimum Gasteiger partial charge on any atom is -0.508 e. The Bertz CT molecular complexity index is 768.